The van der Waals surface area contributed by atoms with Crippen molar-refractivity contribution in [2.45, 2.75) is 32.9 Å². The minimum atomic E-state index is -0.315. The molecule has 1 rings (SSSR count). The zero-order chi connectivity index (χ0) is 14.4. The van der Waals surface area contributed by atoms with E-state index in [1.54, 1.807) is 12.1 Å². The number of benzene rings is 1. The number of ether oxygens (including phenoxy) is 1. The fourth-order valence-corrected chi connectivity index (χ4v) is 2.08. The van der Waals surface area contributed by atoms with Gasteiger partial charge < -0.3 is 10.1 Å². The Bertz CT molecular complexity index is 437. The average Bonchev–Trinajstić information content (AvgIpc) is 2.42. The van der Waals surface area contributed by atoms with Crippen molar-refractivity contribution in [2.24, 2.45) is 5.92 Å². The lowest BCUT2D eigenvalue weighted by atomic mass is 9.99. The van der Waals surface area contributed by atoms with Gasteiger partial charge in [-0.1, -0.05) is 49.5 Å². The molecule has 0 fully saturated rings. The average molecular weight is 304 g/mol. The van der Waals surface area contributed by atoms with Crippen molar-refractivity contribution < 1.29 is 9.53 Å². The van der Waals surface area contributed by atoms with Crippen LogP contribution in [0.25, 0.3) is 0 Å². The van der Waals surface area contributed by atoms with Crippen LogP contribution in [0.2, 0.25) is 10.0 Å². The quantitative estimate of drug-likeness (QED) is 0.815. The van der Waals surface area contributed by atoms with Gasteiger partial charge in [-0.25, -0.2) is 0 Å². The Morgan fingerprint density at radius 2 is 2.05 bits per heavy atom. The summed E-state index contributed by atoms with van der Waals surface area (Å²) < 4.78 is 4.82. The molecule has 0 unspecified atom stereocenters. The summed E-state index contributed by atoms with van der Waals surface area (Å²) in [6.45, 7) is 4.60. The van der Waals surface area contributed by atoms with Crippen LogP contribution in [0.15, 0.2) is 18.2 Å². The fraction of sp³-hybridized carbons (Fsp3) is 0.500. The maximum Gasteiger partial charge on any atom is 0.323 e. The highest BCUT2D eigenvalue weighted by Crippen LogP contribution is 2.22. The van der Waals surface area contributed by atoms with Crippen LogP contribution in [-0.4, -0.2) is 19.1 Å². The normalized spacial score (nSPS) is 13.9. The molecule has 0 aliphatic heterocycles. The lowest BCUT2D eigenvalue weighted by Crippen LogP contribution is -2.42. The van der Waals surface area contributed by atoms with E-state index in [0.717, 1.165) is 12.0 Å². The highest BCUT2D eigenvalue weighted by atomic mass is 35.5. The number of nitrogens with one attached hydrogen (secondary N) is 1. The first kappa shape index (κ1) is 16.3. The third-order valence-corrected chi connectivity index (χ3v) is 3.92. The van der Waals surface area contributed by atoms with Gasteiger partial charge in [0.2, 0.25) is 0 Å². The predicted octanol–water partition coefficient (Wildman–Crippen LogP) is 3.67. The van der Waals surface area contributed by atoms with E-state index < -0.39 is 0 Å². The zero-order valence-electron chi connectivity index (χ0n) is 11.4. The van der Waals surface area contributed by atoms with E-state index in [-0.39, 0.29) is 17.9 Å². The second-order valence-electron chi connectivity index (χ2n) is 4.52. The van der Waals surface area contributed by atoms with Crippen molar-refractivity contribution in [1.29, 1.82) is 0 Å². The van der Waals surface area contributed by atoms with E-state index in [1.807, 2.05) is 19.9 Å². The number of methoxy groups -OCH3 is 1. The summed E-state index contributed by atoms with van der Waals surface area (Å²) in [6.07, 6.45) is 0.897. The van der Waals surface area contributed by atoms with Crippen molar-refractivity contribution in [1.82, 2.24) is 5.32 Å². The first-order valence-electron chi connectivity index (χ1n) is 6.24. The molecule has 0 saturated carbocycles. The van der Waals surface area contributed by atoms with Crippen LogP contribution >= 0.6 is 23.2 Å². The number of esters is 1. The smallest absolute Gasteiger partial charge is 0.323 e. The van der Waals surface area contributed by atoms with Gasteiger partial charge in [-0.2, -0.15) is 0 Å². The van der Waals surface area contributed by atoms with Crippen molar-refractivity contribution >= 4 is 29.2 Å². The molecule has 1 N–H and O–H groups in total. The molecule has 0 heterocycles. The van der Waals surface area contributed by atoms with Crippen LogP contribution < -0.4 is 5.32 Å². The second-order valence-corrected chi connectivity index (χ2v) is 5.33. The first-order chi connectivity index (χ1) is 8.99. The van der Waals surface area contributed by atoms with Gasteiger partial charge in [0.1, 0.15) is 6.04 Å². The number of hydrogen-bond donors (Lipinski definition) is 1. The minimum absolute atomic E-state index is 0.204. The van der Waals surface area contributed by atoms with E-state index >= 15 is 0 Å². The number of rotatable bonds is 6. The lowest BCUT2D eigenvalue weighted by Gasteiger charge is -2.22. The molecule has 0 spiro atoms. The summed E-state index contributed by atoms with van der Waals surface area (Å²) in [7, 11) is 1.40. The van der Waals surface area contributed by atoms with Gasteiger partial charge in [-0.05, 0) is 23.6 Å². The van der Waals surface area contributed by atoms with Gasteiger partial charge in [0, 0.05) is 6.54 Å². The zero-order valence-corrected chi connectivity index (χ0v) is 12.9. The molecule has 1 aromatic rings. The fourth-order valence-electron chi connectivity index (χ4n) is 1.76. The molecule has 0 saturated heterocycles. The Morgan fingerprint density at radius 1 is 1.37 bits per heavy atom. The van der Waals surface area contributed by atoms with Crippen LogP contribution in [0.3, 0.4) is 0 Å². The first-order valence-corrected chi connectivity index (χ1v) is 7.00. The molecule has 106 valence electrons. The van der Waals surface area contributed by atoms with Crippen molar-refractivity contribution in [3.05, 3.63) is 33.8 Å². The van der Waals surface area contributed by atoms with Gasteiger partial charge in [-0.15, -0.1) is 0 Å². The number of hydrogen-bond acceptors (Lipinski definition) is 3. The standard InChI is InChI=1S/C14H19Cl2NO2/c1-4-9(2)13(14(18)19-3)17-8-10-5-6-11(15)12(16)7-10/h5-7,9,13,17H,4,8H2,1-3H3/t9-,13-/m0/s1. The largest absolute Gasteiger partial charge is 0.468 e. The van der Waals surface area contributed by atoms with Crippen molar-refractivity contribution in [2.75, 3.05) is 7.11 Å². The molecule has 0 aliphatic carbocycles. The van der Waals surface area contributed by atoms with Crippen LogP contribution in [-0.2, 0) is 16.1 Å². The summed E-state index contributed by atoms with van der Waals surface area (Å²) >= 11 is 11.8. The highest BCUT2D eigenvalue weighted by Gasteiger charge is 2.24. The van der Waals surface area contributed by atoms with Gasteiger partial charge in [0.25, 0.3) is 0 Å². The molecular weight excluding hydrogens is 285 g/mol. The van der Waals surface area contributed by atoms with E-state index in [4.69, 9.17) is 27.9 Å². The minimum Gasteiger partial charge on any atom is -0.468 e. The van der Waals surface area contributed by atoms with Crippen LogP contribution in [0.5, 0.6) is 0 Å². The van der Waals surface area contributed by atoms with Crippen LogP contribution in [0.4, 0.5) is 0 Å². The molecule has 1 aromatic carbocycles. The van der Waals surface area contributed by atoms with Crippen molar-refractivity contribution in [3.8, 4) is 0 Å². The molecule has 2 atom stereocenters. The van der Waals surface area contributed by atoms with E-state index in [2.05, 4.69) is 5.32 Å². The summed E-state index contributed by atoms with van der Waals surface area (Å²) in [5.41, 5.74) is 0.978. The molecule has 19 heavy (non-hydrogen) atoms. The SMILES string of the molecule is CC[C@H](C)[C@H](NCc1ccc(Cl)c(Cl)c1)C(=O)OC. The molecule has 0 aliphatic rings. The summed E-state index contributed by atoms with van der Waals surface area (Å²) in [6, 6.07) is 5.11. The number of carbonyl (C=O) groups excluding carboxylic acids is 1. The van der Waals surface area contributed by atoms with Gasteiger partial charge >= 0.3 is 5.97 Å². The Labute approximate surface area is 124 Å². The Balaban J connectivity index is 2.70. The monoisotopic (exact) mass is 303 g/mol. The summed E-state index contributed by atoms with van der Waals surface area (Å²) in [4.78, 5) is 11.7. The Morgan fingerprint density at radius 3 is 2.58 bits per heavy atom. The number of carbonyl (C=O) groups is 1. The van der Waals surface area contributed by atoms with Crippen molar-refractivity contribution in [3.63, 3.8) is 0 Å². The third kappa shape index (κ3) is 4.68. The second kappa shape index (κ2) is 7.73. The third-order valence-electron chi connectivity index (χ3n) is 3.18. The summed E-state index contributed by atoms with van der Waals surface area (Å²) in [5, 5.41) is 4.25. The Hall–Kier alpha value is -0.770. The summed E-state index contributed by atoms with van der Waals surface area (Å²) in [5.74, 6) is -0.0374. The van der Waals surface area contributed by atoms with Gasteiger partial charge in [0.05, 0.1) is 17.2 Å². The van der Waals surface area contributed by atoms with Crippen LogP contribution in [0.1, 0.15) is 25.8 Å². The van der Waals surface area contributed by atoms with E-state index in [1.165, 1.54) is 7.11 Å². The molecule has 0 radical (unpaired) electrons. The predicted molar refractivity (Wildman–Crippen MR) is 78.6 cm³/mol. The molecule has 5 heteroatoms. The highest BCUT2D eigenvalue weighted by molar-refractivity contribution is 6.42. The molecular formula is C14H19Cl2NO2. The molecule has 0 bridgehead atoms. The molecule has 0 aromatic heterocycles. The van der Waals surface area contributed by atoms with Gasteiger partial charge in [-0.3, -0.25) is 4.79 Å². The topological polar surface area (TPSA) is 38.3 Å². The Kier molecular flexibility index (Phi) is 6.63. The van der Waals surface area contributed by atoms with Crippen LogP contribution in [0, 0.1) is 5.92 Å². The lowest BCUT2D eigenvalue weighted by molar-refractivity contribution is -0.144. The van der Waals surface area contributed by atoms with E-state index in [9.17, 15) is 4.79 Å². The maximum atomic E-state index is 11.7. The van der Waals surface area contributed by atoms with Gasteiger partial charge in [0.15, 0.2) is 0 Å². The maximum absolute atomic E-state index is 11.7. The molecule has 0 amide bonds. The molecule has 3 nitrogen and oxygen atoms in total. The van der Waals surface area contributed by atoms with E-state index in [0.29, 0.717) is 16.6 Å². The number of halogens is 2.